The molecule has 104 valence electrons. The fourth-order valence-electron chi connectivity index (χ4n) is 2.01. The predicted molar refractivity (Wildman–Crippen MR) is 68.4 cm³/mol. The van der Waals surface area contributed by atoms with E-state index >= 15 is 0 Å². The molecule has 19 heavy (non-hydrogen) atoms. The molecule has 1 aromatic carbocycles. The van der Waals surface area contributed by atoms with E-state index < -0.39 is 21.6 Å². The number of methoxy groups -OCH3 is 1. The molecule has 0 radical (unpaired) electrons. The Labute approximate surface area is 110 Å². The average molecular weight is 287 g/mol. The van der Waals surface area contributed by atoms with Gasteiger partial charge in [-0.3, -0.25) is 0 Å². The molecule has 1 atom stereocenters. The first-order chi connectivity index (χ1) is 8.91. The molecule has 1 aliphatic heterocycles. The molecule has 0 saturated carbocycles. The predicted octanol–water partition coefficient (Wildman–Crippen LogP) is 1.21. The van der Waals surface area contributed by atoms with Crippen molar-refractivity contribution >= 4 is 21.5 Å². The van der Waals surface area contributed by atoms with Crippen molar-refractivity contribution in [3.63, 3.8) is 0 Å². The lowest BCUT2D eigenvalue weighted by atomic mass is 10.1. The molecule has 5 nitrogen and oxygen atoms in total. The molecule has 1 fully saturated rings. The zero-order chi connectivity index (χ0) is 14.0. The Hall–Kier alpha value is -1.63. The van der Waals surface area contributed by atoms with Crippen LogP contribution >= 0.6 is 0 Å². The van der Waals surface area contributed by atoms with Gasteiger partial charge in [0.25, 0.3) is 0 Å². The van der Waals surface area contributed by atoms with Gasteiger partial charge in [0.15, 0.2) is 9.84 Å². The number of anilines is 1. The van der Waals surface area contributed by atoms with Crippen LogP contribution in [0.15, 0.2) is 18.2 Å². The highest BCUT2D eigenvalue weighted by Crippen LogP contribution is 2.21. The Morgan fingerprint density at radius 1 is 1.47 bits per heavy atom. The van der Waals surface area contributed by atoms with Crippen molar-refractivity contribution < 1.29 is 22.3 Å². The summed E-state index contributed by atoms with van der Waals surface area (Å²) in [5.41, 5.74) is 0.331. The van der Waals surface area contributed by atoms with Crippen LogP contribution in [0.5, 0.6) is 0 Å². The summed E-state index contributed by atoms with van der Waals surface area (Å²) in [6.45, 7) is 0. The molecule has 1 N–H and O–H groups in total. The summed E-state index contributed by atoms with van der Waals surface area (Å²) < 4.78 is 40.8. The van der Waals surface area contributed by atoms with Crippen LogP contribution in [0.3, 0.4) is 0 Å². The van der Waals surface area contributed by atoms with E-state index in [2.05, 4.69) is 10.1 Å². The zero-order valence-corrected chi connectivity index (χ0v) is 11.2. The van der Waals surface area contributed by atoms with Gasteiger partial charge in [-0.15, -0.1) is 0 Å². The van der Waals surface area contributed by atoms with Crippen LogP contribution in [-0.4, -0.2) is 39.0 Å². The van der Waals surface area contributed by atoms with Gasteiger partial charge in [0.2, 0.25) is 0 Å². The summed E-state index contributed by atoms with van der Waals surface area (Å²) in [6, 6.07) is 3.47. The van der Waals surface area contributed by atoms with Crippen molar-refractivity contribution in [1.82, 2.24) is 0 Å². The Morgan fingerprint density at radius 2 is 2.21 bits per heavy atom. The lowest BCUT2D eigenvalue weighted by molar-refractivity contribution is 0.0600. The monoisotopic (exact) mass is 287 g/mol. The first-order valence-corrected chi connectivity index (χ1v) is 7.58. The minimum atomic E-state index is -3.04. The number of hydrogen-bond acceptors (Lipinski definition) is 5. The number of halogens is 1. The summed E-state index contributed by atoms with van der Waals surface area (Å²) in [4.78, 5) is 11.3. The van der Waals surface area contributed by atoms with Gasteiger partial charge in [-0.2, -0.15) is 0 Å². The maximum absolute atomic E-state index is 13.6. The third kappa shape index (κ3) is 3.23. The maximum Gasteiger partial charge on any atom is 0.337 e. The molecule has 0 spiro atoms. The minimum absolute atomic E-state index is 0.0190. The van der Waals surface area contributed by atoms with Gasteiger partial charge in [0.05, 0.1) is 29.9 Å². The first kappa shape index (κ1) is 13.8. The molecule has 1 aliphatic rings. The van der Waals surface area contributed by atoms with Gasteiger partial charge in [0, 0.05) is 6.04 Å². The number of rotatable bonds is 3. The molecule has 0 amide bonds. The highest BCUT2D eigenvalue weighted by atomic mass is 32.2. The molecule has 7 heteroatoms. The van der Waals surface area contributed by atoms with E-state index in [9.17, 15) is 17.6 Å². The van der Waals surface area contributed by atoms with E-state index in [0.29, 0.717) is 6.42 Å². The van der Waals surface area contributed by atoms with Gasteiger partial charge >= 0.3 is 5.97 Å². The largest absolute Gasteiger partial charge is 0.465 e. The Bertz CT molecular complexity index is 600. The maximum atomic E-state index is 13.6. The zero-order valence-electron chi connectivity index (χ0n) is 10.3. The molecule has 0 aromatic heterocycles. The number of carbonyl (C=O) groups excluding carboxylic acids is 1. The number of esters is 1. The average Bonchev–Trinajstić information content (AvgIpc) is 2.70. The highest BCUT2D eigenvalue weighted by molar-refractivity contribution is 7.91. The molecular weight excluding hydrogens is 273 g/mol. The summed E-state index contributed by atoms with van der Waals surface area (Å²) in [6.07, 6.45) is 0.435. The minimum Gasteiger partial charge on any atom is -0.465 e. The lowest BCUT2D eigenvalue weighted by Gasteiger charge is -2.13. The first-order valence-electron chi connectivity index (χ1n) is 5.76. The summed E-state index contributed by atoms with van der Waals surface area (Å²) in [7, 11) is -1.80. The fourth-order valence-corrected chi connectivity index (χ4v) is 3.68. The SMILES string of the molecule is COC(=O)c1ccc(F)c(NC2CCS(=O)(=O)C2)c1. The number of sulfone groups is 1. The number of ether oxygens (including phenoxy) is 1. The molecule has 2 rings (SSSR count). The second-order valence-corrected chi connectivity index (χ2v) is 6.66. The Kier molecular flexibility index (Phi) is 3.75. The molecular formula is C12H14FNO4S. The van der Waals surface area contributed by atoms with E-state index in [4.69, 9.17) is 0 Å². The van der Waals surface area contributed by atoms with Gasteiger partial charge in [-0.25, -0.2) is 17.6 Å². The van der Waals surface area contributed by atoms with Gasteiger partial charge in [0.1, 0.15) is 5.82 Å². The highest BCUT2D eigenvalue weighted by Gasteiger charge is 2.28. The lowest BCUT2D eigenvalue weighted by Crippen LogP contribution is -2.21. The van der Waals surface area contributed by atoms with Crippen LogP contribution in [0, 0.1) is 5.82 Å². The van der Waals surface area contributed by atoms with Crippen LogP contribution in [0.4, 0.5) is 10.1 Å². The molecule has 0 aliphatic carbocycles. The van der Waals surface area contributed by atoms with Crippen molar-refractivity contribution in [2.45, 2.75) is 12.5 Å². The van der Waals surface area contributed by atoms with Crippen molar-refractivity contribution in [3.05, 3.63) is 29.6 Å². The van der Waals surface area contributed by atoms with Crippen molar-refractivity contribution in [3.8, 4) is 0 Å². The number of benzene rings is 1. The fraction of sp³-hybridized carbons (Fsp3) is 0.417. The Balaban J connectivity index is 2.18. The van der Waals surface area contributed by atoms with Crippen molar-refractivity contribution in [2.24, 2.45) is 0 Å². The van der Waals surface area contributed by atoms with Crippen molar-refractivity contribution in [1.29, 1.82) is 0 Å². The quantitative estimate of drug-likeness (QED) is 0.846. The molecule has 1 heterocycles. The van der Waals surface area contributed by atoms with Crippen LogP contribution in [0.25, 0.3) is 0 Å². The van der Waals surface area contributed by atoms with Crippen LogP contribution in [0.1, 0.15) is 16.8 Å². The summed E-state index contributed by atoms with van der Waals surface area (Å²) >= 11 is 0. The van der Waals surface area contributed by atoms with Crippen molar-refractivity contribution in [2.75, 3.05) is 23.9 Å². The number of nitrogens with one attached hydrogen (secondary N) is 1. The van der Waals surface area contributed by atoms with Crippen LogP contribution in [0.2, 0.25) is 0 Å². The molecule has 0 bridgehead atoms. The standard InChI is InChI=1S/C12H14FNO4S/c1-18-12(15)8-2-3-10(13)11(6-8)14-9-4-5-19(16,17)7-9/h2-3,6,9,14H,4-5,7H2,1H3. The van der Waals surface area contributed by atoms with Gasteiger partial charge in [-0.1, -0.05) is 0 Å². The van der Waals surface area contributed by atoms with Crippen LogP contribution < -0.4 is 5.32 Å². The normalized spacial score (nSPS) is 21.1. The smallest absolute Gasteiger partial charge is 0.337 e. The second kappa shape index (κ2) is 5.16. The van der Waals surface area contributed by atoms with E-state index in [0.717, 1.165) is 6.07 Å². The van der Waals surface area contributed by atoms with Crippen LogP contribution in [-0.2, 0) is 14.6 Å². The summed E-state index contributed by atoms with van der Waals surface area (Å²) in [5.74, 6) is -1.02. The van der Waals surface area contributed by atoms with E-state index in [1.165, 1.54) is 19.2 Å². The number of carbonyl (C=O) groups is 1. The summed E-state index contributed by atoms with van der Waals surface area (Å²) in [5, 5.41) is 2.82. The molecule has 1 saturated heterocycles. The second-order valence-electron chi connectivity index (χ2n) is 4.43. The topological polar surface area (TPSA) is 72.5 Å². The molecule has 1 unspecified atom stereocenters. The third-order valence-electron chi connectivity index (χ3n) is 2.98. The number of hydrogen-bond donors (Lipinski definition) is 1. The van der Waals surface area contributed by atoms with E-state index in [-0.39, 0.29) is 28.8 Å². The van der Waals surface area contributed by atoms with Gasteiger partial charge < -0.3 is 10.1 Å². The van der Waals surface area contributed by atoms with Gasteiger partial charge in [-0.05, 0) is 24.6 Å². The third-order valence-corrected chi connectivity index (χ3v) is 4.75. The van der Waals surface area contributed by atoms with E-state index in [1.807, 2.05) is 0 Å². The molecule has 1 aromatic rings. The van der Waals surface area contributed by atoms with E-state index in [1.54, 1.807) is 0 Å². The Morgan fingerprint density at radius 3 is 2.79 bits per heavy atom.